The van der Waals surface area contributed by atoms with Crippen LogP contribution in [0.3, 0.4) is 0 Å². The van der Waals surface area contributed by atoms with Gasteiger partial charge < -0.3 is 5.11 Å². The van der Waals surface area contributed by atoms with Crippen molar-refractivity contribution in [2.75, 3.05) is 6.54 Å². The Kier molecular flexibility index (Phi) is 4.82. The molecule has 0 saturated carbocycles. The monoisotopic (exact) mass is 317 g/mol. The van der Waals surface area contributed by atoms with Gasteiger partial charge in [0.15, 0.2) is 0 Å². The maximum Gasteiger partial charge on any atom is 0.0975 e. The lowest BCUT2D eigenvalue weighted by atomic mass is 10.2. The number of nitrogens with zero attached hydrogens (tertiary/aromatic N) is 5. The summed E-state index contributed by atoms with van der Waals surface area (Å²) in [5.74, 6) is 0. The summed E-state index contributed by atoms with van der Waals surface area (Å²) in [4.78, 5) is 2.43. The van der Waals surface area contributed by atoms with Gasteiger partial charge in [-0.15, -0.1) is 0 Å². The molecule has 0 aliphatic carbocycles. The normalized spacial score (nSPS) is 16.5. The van der Waals surface area contributed by atoms with E-state index in [1.165, 1.54) is 17.0 Å². The first-order valence-electron chi connectivity index (χ1n) is 8.60. The van der Waals surface area contributed by atoms with E-state index in [1.54, 1.807) is 0 Å². The zero-order valence-corrected chi connectivity index (χ0v) is 14.4. The van der Waals surface area contributed by atoms with Crippen molar-refractivity contribution in [2.45, 2.75) is 65.9 Å². The second-order valence-corrected chi connectivity index (χ2v) is 6.40. The molecule has 0 spiro atoms. The highest BCUT2D eigenvalue weighted by Crippen LogP contribution is 2.21. The molecule has 3 heterocycles. The fourth-order valence-electron chi connectivity index (χ4n) is 3.17. The number of aliphatic hydroxyl groups is 1. The Morgan fingerprint density at radius 1 is 1.30 bits per heavy atom. The van der Waals surface area contributed by atoms with Crippen LogP contribution in [0.25, 0.3) is 0 Å². The van der Waals surface area contributed by atoms with E-state index >= 15 is 0 Å². The third kappa shape index (κ3) is 3.33. The molecule has 23 heavy (non-hydrogen) atoms. The van der Waals surface area contributed by atoms with E-state index in [2.05, 4.69) is 33.6 Å². The highest BCUT2D eigenvalue weighted by atomic mass is 16.3. The second-order valence-electron chi connectivity index (χ2n) is 6.40. The Bertz CT molecular complexity index is 660. The predicted octanol–water partition coefficient (Wildman–Crippen LogP) is 2.26. The summed E-state index contributed by atoms with van der Waals surface area (Å²) in [6, 6.07) is 2.05. The summed E-state index contributed by atoms with van der Waals surface area (Å²) in [5, 5.41) is 19.0. The lowest BCUT2D eigenvalue weighted by Crippen LogP contribution is -2.33. The Balaban J connectivity index is 1.69. The molecule has 1 aliphatic rings. The van der Waals surface area contributed by atoms with Crippen molar-refractivity contribution in [1.29, 1.82) is 0 Å². The van der Waals surface area contributed by atoms with Gasteiger partial charge in [0.05, 0.1) is 30.2 Å². The van der Waals surface area contributed by atoms with E-state index in [0.29, 0.717) is 6.42 Å². The van der Waals surface area contributed by atoms with Crippen LogP contribution < -0.4 is 0 Å². The van der Waals surface area contributed by atoms with Gasteiger partial charge in [-0.25, -0.2) is 0 Å². The average Bonchev–Trinajstić information content (AvgIpc) is 3.12. The van der Waals surface area contributed by atoms with Crippen molar-refractivity contribution >= 4 is 0 Å². The highest BCUT2D eigenvalue weighted by Gasteiger charge is 2.21. The van der Waals surface area contributed by atoms with Gasteiger partial charge >= 0.3 is 0 Å². The molecule has 0 bridgehead atoms. The van der Waals surface area contributed by atoms with Crippen LogP contribution in [0.15, 0.2) is 12.3 Å². The third-order valence-electron chi connectivity index (χ3n) is 4.66. The van der Waals surface area contributed by atoms with Crippen LogP contribution in [0.5, 0.6) is 0 Å². The molecule has 126 valence electrons. The molecule has 3 rings (SSSR count). The minimum Gasteiger partial charge on any atom is -0.387 e. The largest absolute Gasteiger partial charge is 0.387 e. The van der Waals surface area contributed by atoms with Crippen LogP contribution in [-0.2, 0) is 26.2 Å². The minimum atomic E-state index is -0.448. The highest BCUT2D eigenvalue weighted by molar-refractivity contribution is 5.18. The standard InChI is InChI=1S/C17H27N5O/c1-4-6-21-13(3)14(10-18-21)11-20-7-8-22-15(12-20)9-16(19-22)17(23)5-2/h9-10,17,23H,4-8,11-12H2,1-3H3/t17-/m0/s1. The lowest BCUT2D eigenvalue weighted by Gasteiger charge is -2.27. The molecule has 0 unspecified atom stereocenters. The van der Waals surface area contributed by atoms with Crippen LogP contribution in [0.2, 0.25) is 0 Å². The first-order valence-corrected chi connectivity index (χ1v) is 8.60. The minimum absolute atomic E-state index is 0.448. The van der Waals surface area contributed by atoms with Gasteiger partial charge in [-0.05, 0) is 25.8 Å². The van der Waals surface area contributed by atoms with E-state index in [9.17, 15) is 5.11 Å². The fourth-order valence-corrected chi connectivity index (χ4v) is 3.17. The average molecular weight is 317 g/mol. The Labute approximate surface area is 137 Å². The van der Waals surface area contributed by atoms with Gasteiger partial charge in [0.2, 0.25) is 0 Å². The Hall–Kier alpha value is -1.66. The number of hydrogen-bond acceptors (Lipinski definition) is 4. The third-order valence-corrected chi connectivity index (χ3v) is 4.66. The van der Waals surface area contributed by atoms with E-state index in [0.717, 1.165) is 44.8 Å². The maximum absolute atomic E-state index is 9.97. The summed E-state index contributed by atoms with van der Waals surface area (Å²) in [7, 11) is 0. The van der Waals surface area contributed by atoms with Crippen LogP contribution >= 0.6 is 0 Å². The van der Waals surface area contributed by atoms with E-state index < -0.39 is 6.10 Å². The molecule has 1 atom stereocenters. The number of aromatic nitrogens is 4. The number of aliphatic hydroxyl groups excluding tert-OH is 1. The summed E-state index contributed by atoms with van der Waals surface area (Å²) >= 11 is 0. The number of hydrogen-bond donors (Lipinski definition) is 1. The molecular weight excluding hydrogens is 290 g/mol. The summed E-state index contributed by atoms with van der Waals surface area (Å²) in [6.45, 7) is 11.0. The van der Waals surface area contributed by atoms with Crippen LogP contribution in [0.4, 0.5) is 0 Å². The molecule has 0 amide bonds. The molecule has 0 aromatic carbocycles. The molecule has 1 aliphatic heterocycles. The Morgan fingerprint density at radius 3 is 2.87 bits per heavy atom. The molecule has 6 heteroatoms. The van der Waals surface area contributed by atoms with E-state index in [4.69, 9.17) is 0 Å². The summed E-state index contributed by atoms with van der Waals surface area (Å²) < 4.78 is 4.14. The van der Waals surface area contributed by atoms with E-state index in [1.807, 2.05) is 23.9 Å². The SMILES string of the molecule is CCCn1ncc(CN2CCn3nc([C@@H](O)CC)cc3C2)c1C. The number of aryl methyl sites for hydroxylation is 1. The molecule has 0 saturated heterocycles. The lowest BCUT2D eigenvalue weighted by molar-refractivity contribution is 0.166. The first-order chi connectivity index (χ1) is 11.1. The van der Waals surface area contributed by atoms with Crippen molar-refractivity contribution in [2.24, 2.45) is 0 Å². The molecular formula is C17H27N5O. The van der Waals surface area contributed by atoms with Crippen molar-refractivity contribution in [3.8, 4) is 0 Å². The summed E-state index contributed by atoms with van der Waals surface area (Å²) in [5.41, 5.74) is 4.57. The van der Waals surface area contributed by atoms with Gasteiger partial charge in [-0.2, -0.15) is 10.2 Å². The van der Waals surface area contributed by atoms with Gasteiger partial charge in [-0.3, -0.25) is 14.3 Å². The molecule has 1 N–H and O–H groups in total. The zero-order chi connectivity index (χ0) is 16.4. The second kappa shape index (κ2) is 6.84. The van der Waals surface area contributed by atoms with Gasteiger partial charge in [0.25, 0.3) is 0 Å². The smallest absolute Gasteiger partial charge is 0.0975 e. The van der Waals surface area contributed by atoms with Gasteiger partial charge in [0.1, 0.15) is 0 Å². The van der Waals surface area contributed by atoms with E-state index in [-0.39, 0.29) is 0 Å². The van der Waals surface area contributed by atoms with Crippen LogP contribution in [0.1, 0.15) is 55.4 Å². The first kappa shape index (κ1) is 16.2. The summed E-state index contributed by atoms with van der Waals surface area (Å²) in [6.07, 6.45) is 3.36. The van der Waals surface area contributed by atoms with Crippen molar-refractivity contribution < 1.29 is 5.11 Å². The molecule has 6 nitrogen and oxygen atoms in total. The Morgan fingerprint density at radius 2 is 2.13 bits per heavy atom. The maximum atomic E-state index is 9.97. The number of rotatable bonds is 6. The topological polar surface area (TPSA) is 59.1 Å². The molecule has 0 radical (unpaired) electrons. The zero-order valence-electron chi connectivity index (χ0n) is 14.4. The molecule has 2 aromatic heterocycles. The molecule has 2 aromatic rings. The number of fused-ring (bicyclic) bond motifs is 1. The van der Waals surface area contributed by atoms with Gasteiger partial charge in [-0.1, -0.05) is 13.8 Å². The van der Waals surface area contributed by atoms with Crippen LogP contribution in [0, 0.1) is 6.92 Å². The molecule has 0 fully saturated rings. The van der Waals surface area contributed by atoms with Crippen molar-refractivity contribution in [3.05, 3.63) is 34.9 Å². The van der Waals surface area contributed by atoms with Crippen molar-refractivity contribution in [1.82, 2.24) is 24.5 Å². The fraction of sp³-hybridized carbons (Fsp3) is 0.647. The van der Waals surface area contributed by atoms with Crippen molar-refractivity contribution in [3.63, 3.8) is 0 Å². The van der Waals surface area contributed by atoms with Gasteiger partial charge in [0, 0.05) is 37.4 Å². The van der Waals surface area contributed by atoms with Crippen LogP contribution in [-0.4, -0.2) is 36.1 Å². The predicted molar refractivity (Wildman–Crippen MR) is 88.8 cm³/mol. The quantitative estimate of drug-likeness (QED) is 0.888.